The lowest BCUT2D eigenvalue weighted by Gasteiger charge is -2.32. The molecule has 0 aliphatic carbocycles. The maximum absolute atomic E-state index is 12.9. The molecule has 2 aromatic rings. The molecule has 0 spiro atoms. The number of hydrogen-bond donors (Lipinski definition) is 3. The lowest BCUT2D eigenvalue weighted by atomic mass is 9.92. The fraction of sp³-hybridized carbons (Fsp3) is 0.429. The zero-order valence-corrected chi connectivity index (χ0v) is 16.6. The molecule has 3 heterocycles. The SMILES string of the molecule is Cc1ccccc1NC(=O)[C@@H]1CC(=O)Nc2nc(N3CCC[C@@H](C)C3)[nH]c(=O)c21. The van der Waals surface area contributed by atoms with E-state index in [9.17, 15) is 14.4 Å². The lowest BCUT2D eigenvalue weighted by Crippen LogP contribution is -2.40. The maximum Gasteiger partial charge on any atom is 0.258 e. The zero-order chi connectivity index (χ0) is 20.5. The van der Waals surface area contributed by atoms with Gasteiger partial charge in [-0.15, -0.1) is 0 Å². The first-order valence-electron chi connectivity index (χ1n) is 9.98. The predicted octanol–water partition coefficient (Wildman–Crippen LogP) is 2.38. The van der Waals surface area contributed by atoms with Crippen molar-refractivity contribution in [3.63, 3.8) is 0 Å². The normalized spacial score (nSPS) is 21.3. The van der Waals surface area contributed by atoms with Crippen LogP contribution in [0.15, 0.2) is 29.1 Å². The Bertz CT molecular complexity index is 1020. The van der Waals surface area contributed by atoms with E-state index in [-0.39, 0.29) is 35.2 Å². The van der Waals surface area contributed by atoms with Crippen LogP contribution in [-0.4, -0.2) is 34.9 Å². The Morgan fingerprint density at radius 2 is 2.07 bits per heavy atom. The first kappa shape index (κ1) is 19.2. The van der Waals surface area contributed by atoms with Crippen LogP contribution in [0.4, 0.5) is 17.5 Å². The second kappa shape index (κ2) is 7.69. The molecule has 8 heteroatoms. The monoisotopic (exact) mass is 395 g/mol. The zero-order valence-electron chi connectivity index (χ0n) is 16.6. The molecule has 152 valence electrons. The molecular formula is C21H25N5O3. The van der Waals surface area contributed by atoms with Crippen molar-refractivity contribution in [2.24, 2.45) is 5.92 Å². The predicted molar refractivity (Wildman–Crippen MR) is 111 cm³/mol. The van der Waals surface area contributed by atoms with Crippen molar-refractivity contribution in [1.82, 2.24) is 9.97 Å². The standard InChI is InChI=1S/C21H25N5O3/c1-12-6-5-9-26(11-12)21-24-18-17(20(29)25-21)14(10-16(27)23-18)19(28)22-15-8-4-3-7-13(15)2/h3-4,7-8,12,14H,5-6,9-11H2,1-2H3,(H,22,28)(H2,23,24,25,27,29)/t12-,14-/m1/s1. The van der Waals surface area contributed by atoms with Gasteiger partial charge in [0, 0.05) is 25.2 Å². The molecule has 2 aliphatic rings. The highest BCUT2D eigenvalue weighted by Crippen LogP contribution is 2.31. The van der Waals surface area contributed by atoms with Gasteiger partial charge in [0.25, 0.3) is 5.56 Å². The molecule has 4 rings (SSSR count). The Kier molecular flexibility index (Phi) is 5.08. The number of H-pyrrole nitrogens is 1. The number of para-hydroxylation sites is 1. The molecular weight excluding hydrogens is 370 g/mol. The molecule has 2 amide bonds. The molecule has 0 unspecified atom stereocenters. The molecule has 8 nitrogen and oxygen atoms in total. The molecule has 1 fully saturated rings. The van der Waals surface area contributed by atoms with Crippen LogP contribution >= 0.6 is 0 Å². The first-order valence-corrected chi connectivity index (χ1v) is 9.98. The molecule has 1 aromatic heterocycles. The van der Waals surface area contributed by atoms with Gasteiger partial charge in [-0.05, 0) is 37.3 Å². The van der Waals surface area contributed by atoms with Gasteiger partial charge in [0.2, 0.25) is 17.8 Å². The molecule has 1 saturated heterocycles. The number of anilines is 3. The van der Waals surface area contributed by atoms with Crippen LogP contribution in [0.25, 0.3) is 0 Å². The van der Waals surface area contributed by atoms with Crippen molar-refractivity contribution in [3.8, 4) is 0 Å². The molecule has 2 atom stereocenters. The Morgan fingerprint density at radius 1 is 1.28 bits per heavy atom. The minimum atomic E-state index is -0.885. The number of benzene rings is 1. The van der Waals surface area contributed by atoms with Crippen LogP contribution in [0.3, 0.4) is 0 Å². The quantitative estimate of drug-likeness (QED) is 0.740. The van der Waals surface area contributed by atoms with Gasteiger partial charge in [-0.3, -0.25) is 19.4 Å². The highest BCUT2D eigenvalue weighted by Gasteiger charge is 2.35. The minimum Gasteiger partial charge on any atom is -0.342 e. The second-order valence-electron chi connectivity index (χ2n) is 7.95. The van der Waals surface area contributed by atoms with Crippen molar-refractivity contribution in [2.45, 2.75) is 39.0 Å². The van der Waals surface area contributed by atoms with Gasteiger partial charge in [0.05, 0.1) is 11.5 Å². The number of aromatic nitrogens is 2. The number of rotatable bonds is 3. The number of carbonyl (C=O) groups is 2. The number of aromatic amines is 1. The van der Waals surface area contributed by atoms with E-state index in [0.717, 1.165) is 31.5 Å². The number of hydrogen-bond acceptors (Lipinski definition) is 5. The smallest absolute Gasteiger partial charge is 0.258 e. The third-order valence-corrected chi connectivity index (χ3v) is 5.61. The molecule has 3 N–H and O–H groups in total. The van der Waals surface area contributed by atoms with E-state index in [0.29, 0.717) is 17.6 Å². The van der Waals surface area contributed by atoms with Crippen LogP contribution < -0.4 is 21.1 Å². The van der Waals surface area contributed by atoms with Crippen molar-refractivity contribution < 1.29 is 9.59 Å². The van der Waals surface area contributed by atoms with E-state index in [2.05, 4.69) is 27.5 Å². The summed E-state index contributed by atoms with van der Waals surface area (Å²) in [6.45, 7) is 5.65. The van der Waals surface area contributed by atoms with Crippen molar-refractivity contribution in [3.05, 3.63) is 45.7 Å². The fourth-order valence-electron chi connectivity index (χ4n) is 4.05. The van der Waals surface area contributed by atoms with E-state index in [1.54, 1.807) is 6.07 Å². The summed E-state index contributed by atoms with van der Waals surface area (Å²) in [5.41, 5.74) is 1.40. The summed E-state index contributed by atoms with van der Waals surface area (Å²) in [6, 6.07) is 7.38. The number of amides is 2. The molecule has 29 heavy (non-hydrogen) atoms. The summed E-state index contributed by atoms with van der Waals surface area (Å²) in [4.78, 5) is 47.4. The number of aryl methyl sites for hydroxylation is 1. The van der Waals surface area contributed by atoms with Gasteiger partial charge in [0.15, 0.2) is 0 Å². The number of nitrogens with zero attached hydrogens (tertiary/aromatic N) is 2. The summed E-state index contributed by atoms with van der Waals surface area (Å²) in [5.74, 6) is -0.458. The van der Waals surface area contributed by atoms with E-state index in [1.807, 2.05) is 30.0 Å². The molecule has 1 aromatic carbocycles. The average Bonchev–Trinajstić information content (AvgIpc) is 2.68. The maximum atomic E-state index is 12.9. The third-order valence-electron chi connectivity index (χ3n) is 5.61. The summed E-state index contributed by atoms with van der Waals surface area (Å²) >= 11 is 0. The topological polar surface area (TPSA) is 107 Å². The number of piperidine rings is 1. The minimum absolute atomic E-state index is 0.0877. The van der Waals surface area contributed by atoms with Crippen LogP contribution in [0.2, 0.25) is 0 Å². The van der Waals surface area contributed by atoms with Gasteiger partial charge in [0.1, 0.15) is 5.82 Å². The highest BCUT2D eigenvalue weighted by atomic mass is 16.2. The van der Waals surface area contributed by atoms with Gasteiger partial charge in [-0.25, -0.2) is 0 Å². The second-order valence-corrected chi connectivity index (χ2v) is 7.95. The van der Waals surface area contributed by atoms with Crippen molar-refractivity contribution in [1.29, 1.82) is 0 Å². The molecule has 0 saturated carbocycles. The van der Waals surface area contributed by atoms with Gasteiger partial charge in [-0.2, -0.15) is 4.98 Å². The Morgan fingerprint density at radius 3 is 2.83 bits per heavy atom. The van der Waals surface area contributed by atoms with Crippen LogP contribution in [0, 0.1) is 12.8 Å². The average molecular weight is 395 g/mol. The number of fused-ring (bicyclic) bond motifs is 1. The van der Waals surface area contributed by atoms with E-state index >= 15 is 0 Å². The van der Waals surface area contributed by atoms with E-state index in [1.165, 1.54) is 0 Å². The molecule has 0 bridgehead atoms. The highest BCUT2D eigenvalue weighted by molar-refractivity contribution is 6.04. The van der Waals surface area contributed by atoms with Gasteiger partial charge < -0.3 is 15.5 Å². The summed E-state index contributed by atoms with van der Waals surface area (Å²) in [7, 11) is 0. The summed E-state index contributed by atoms with van der Waals surface area (Å²) < 4.78 is 0. The molecule has 2 aliphatic heterocycles. The van der Waals surface area contributed by atoms with E-state index in [4.69, 9.17) is 0 Å². The number of carbonyl (C=O) groups excluding carboxylic acids is 2. The Hall–Kier alpha value is -3.16. The molecule has 0 radical (unpaired) electrons. The number of nitrogens with one attached hydrogen (secondary N) is 3. The Labute approximate surface area is 168 Å². The Balaban J connectivity index is 1.66. The van der Waals surface area contributed by atoms with Gasteiger partial charge in [-0.1, -0.05) is 25.1 Å². The van der Waals surface area contributed by atoms with E-state index < -0.39 is 5.92 Å². The largest absolute Gasteiger partial charge is 0.342 e. The van der Waals surface area contributed by atoms with Crippen LogP contribution in [0.5, 0.6) is 0 Å². The van der Waals surface area contributed by atoms with Crippen LogP contribution in [-0.2, 0) is 9.59 Å². The van der Waals surface area contributed by atoms with Crippen LogP contribution in [0.1, 0.15) is 43.2 Å². The van der Waals surface area contributed by atoms with Crippen molar-refractivity contribution in [2.75, 3.05) is 28.6 Å². The fourth-order valence-corrected chi connectivity index (χ4v) is 4.05. The summed E-state index contributed by atoms with van der Waals surface area (Å²) in [6.07, 6.45) is 2.08. The lowest BCUT2D eigenvalue weighted by molar-refractivity contribution is -0.123. The third kappa shape index (κ3) is 3.87. The first-order chi connectivity index (χ1) is 13.9. The summed E-state index contributed by atoms with van der Waals surface area (Å²) in [5, 5.41) is 5.52. The van der Waals surface area contributed by atoms with Crippen molar-refractivity contribution >= 4 is 29.3 Å². The van der Waals surface area contributed by atoms with Gasteiger partial charge >= 0.3 is 0 Å².